The molecule has 2 rings (SSSR count). The maximum Gasteiger partial charge on any atom is 0.137 e. The minimum Gasteiger partial charge on any atom is -0.384 e. The van der Waals surface area contributed by atoms with Gasteiger partial charge in [0.2, 0.25) is 0 Å². The minimum atomic E-state index is -0.318. The fraction of sp³-hybridized carbons (Fsp3) is 0.214. The first-order valence-corrected chi connectivity index (χ1v) is 6.51. The summed E-state index contributed by atoms with van der Waals surface area (Å²) in [5, 5.41) is 9.14. The van der Waals surface area contributed by atoms with Crippen LogP contribution in [0.4, 0.5) is 10.2 Å². The van der Waals surface area contributed by atoms with Gasteiger partial charge in [-0.1, -0.05) is 0 Å². The molecule has 1 aromatic heterocycles. The topological polar surface area (TPSA) is 54.7 Å². The van der Waals surface area contributed by atoms with E-state index in [2.05, 4.69) is 22.0 Å². The number of halogens is 2. The lowest BCUT2D eigenvalue weighted by molar-refractivity contribution is 0.619. The van der Waals surface area contributed by atoms with Gasteiger partial charge in [0.1, 0.15) is 17.7 Å². The van der Waals surface area contributed by atoms with Gasteiger partial charge in [0.15, 0.2) is 0 Å². The van der Waals surface area contributed by atoms with E-state index in [4.69, 9.17) is 11.0 Å². The Morgan fingerprint density at radius 1 is 1.32 bits per heavy atom. The molecule has 0 atom stereocenters. The number of aromatic nitrogens is 1. The summed E-state index contributed by atoms with van der Waals surface area (Å²) in [5.41, 5.74) is 9.77. The zero-order valence-electron chi connectivity index (χ0n) is 10.9. The lowest BCUT2D eigenvalue weighted by atomic mass is 10.2. The molecule has 0 unspecified atom stereocenters. The van der Waals surface area contributed by atoms with E-state index >= 15 is 0 Å². The summed E-state index contributed by atoms with van der Waals surface area (Å²) in [7, 11) is 0. The zero-order chi connectivity index (χ0) is 14.3. The van der Waals surface area contributed by atoms with Crippen molar-refractivity contribution in [2.75, 3.05) is 5.73 Å². The van der Waals surface area contributed by atoms with E-state index in [0.717, 1.165) is 22.5 Å². The minimum absolute atomic E-state index is 0.318. The Balaban J connectivity index is 2.81. The molecule has 0 aliphatic carbocycles. The van der Waals surface area contributed by atoms with Crippen LogP contribution in [-0.2, 0) is 0 Å². The maximum absolute atomic E-state index is 13.5. The van der Waals surface area contributed by atoms with E-state index in [1.165, 1.54) is 6.07 Å². The van der Waals surface area contributed by atoms with Crippen molar-refractivity contribution >= 4 is 21.7 Å². The molecule has 1 heterocycles. The molecule has 0 saturated heterocycles. The van der Waals surface area contributed by atoms with Crippen LogP contribution in [0.15, 0.2) is 16.6 Å². The summed E-state index contributed by atoms with van der Waals surface area (Å²) in [6, 6.07) is 5.23. The van der Waals surface area contributed by atoms with Crippen LogP contribution in [0, 0.1) is 37.9 Å². The van der Waals surface area contributed by atoms with Gasteiger partial charge >= 0.3 is 0 Å². The molecular weight excluding hydrogens is 309 g/mol. The van der Waals surface area contributed by atoms with Gasteiger partial charge in [-0.3, -0.25) is 4.57 Å². The van der Waals surface area contributed by atoms with E-state index in [1.807, 2.05) is 20.8 Å². The van der Waals surface area contributed by atoms with Crippen LogP contribution in [0.5, 0.6) is 0 Å². The van der Waals surface area contributed by atoms with Gasteiger partial charge in [0, 0.05) is 5.69 Å². The SMILES string of the molecule is Cc1cc(F)c(Br)cc1-n1c(C)c(C)c(C#N)c1N. The number of nitrogens with zero attached hydrogens (tertiary/aromatic N) is 2. The van der Waals surface area contributed by atoms with Crippen molar-refractivity contribution in [1.82, 2.24) is 4.57 Å². The Hall–Kier alpha value is -1.80. The number of nitrogen functional groups attached to an aromatic ring is 1. The summed E-state index contributed by atoms with van der Waals surface area (Å²) in [6.07, 6.45) is 0. The van der Waals surface area contributed by atoms with Gasteiger partial charge in [-0.05, 0) is 60.0 Å². The van der Waals surface area contributed by atoms with Crippen molar-refractivity contribution in [1.29, 1.82) is 5.26 Å². The summed E-state index contributed by atoms with van der Waals surface area (Å²) in [4.78, 5) is 0. The summed E-state index contributed by atoms with van der Waals surface area (Å²) in [6.45, 7) is 5.56. The quantitative estimate of drug-likeness (QED) is 0.869. The van der Waals surface area contributed by atoms with Crippen molar-refractivity contribution < 1.29 is 4.39 Å². The molecule has 0 spiro atoms. The van der Waals surface area contributed by atoms with Gasteiger partial charge in [0.05, 0.1) is 15.7 Å². The molecule has 98 valence electrons. The number of nitriles is 1. The molecule has 5 heteroatoms. The Kier molecular flexibility index (Phi) is 3.38. The fourth-order valence-electron chi connectivity index (χ4n) is 2.16. The zero-order valence-corrected chi connectivity index (χ0v) is 12.5. The number of benzene rings is 1. The molecule has 0 aliphatic rings. The number of hydrogen-bond donors (Lipinski definition) is 1. The normalized spacial score (nSPS) is 10.5. The second-order valence-electron chi connectivity index (χ2n) is 4.47. The molecule has 0 amide bonds. The van der Waals surface area contributed by atoms with Crippen LogP contribution in [0.2, 0.25) is 0 Å². The van der Waals surface area contributed by atoms with Crippen molar-refractivity contribution in [3.8, 4) is 11.8 Å². The monoisotopic (exact) mass is 321 g/mol. The third kappa shape index (κ3) is 2.02. The van der Waals surface area contributed by atoms with Gasteiger partial charge in [-0.25, -0.2) is 4.39 Å². The van der Waals surface area contributed by atoms with Crippen molar-refractivity contribution in [2.45, 2.75) is 20.8 Å². The largest absolute Gasteiger partial charge is 0.384 e. The molecule has 19 heavy (non-hydrogen) atoms. The highest BCUT2D eigenvalue weighted by Gasteiger charge is 2.18. The molecule has 1 aromatic carbocycles. The smallest absolute Gasteiger partial charge is 0.137 e. The van der Waals surface area contributed by atoms with E-state index in [0.29, 0.717) is 15.9 Å². The van der Waals surface area contributed by atoms with Crippen molar-refractivity contribution in [2.24, 2.45) is 0 Å². The highest BCUT2D eigenvalue weighted by atomic mass is 79.9. The maximum atomic E-state index is 13.5. The molecule has 2 N–H and O–H groups in total. The van der Waals surface area contributed by atoms with Gasteiger partial charge in [-0.15, -0.1) is 0 Å². The average Bonchev–Trinajstić information content (AvgIpc) is 2.56. The lowest BCUT2D eigenvalue weighted by Crippen LogP contribution is -2.05. The number of anilines is 1. The molecule has 0 radical (unpaired) electrons. The third-order valence-corrected chi connectivity index (χ3v) is 3.95. The number of aryl methyl sites for hydroxylation is 1. The first kappa shape index (κ1) is 13.6. The van der Waals surface area contributed by atoms with Crippen LogP contribution in [0.1, 0.15) is 22.4 Å². The van der Waals surface area contributed by atoms with Gasteiger partial charge < -0.3 is 5.73 Å². The highest BCUT2D eigenvalue weighted by molar-refractivity contribution is 9.10. The predicted molar refractivity (Wildman–Crippen MR) is 76.8 cm³/mol. The van der Waals surface area contributed by atoms with Gasteiger partial charge in [0.25, 0.3) is 0 Å². The molecule has 2 aromatic rings. The number of hydrogen-bond acceptors (Lipinski definition) is 2. The summed E-state index contributed by atoms with van der Waals surface area (Å²) in [5.74, 6) is 0.0703. The second kappa shape index (κ2) is 4.71. The first-order valence-electron chi connectivity index (χ1n) is 5.72. The molecular formula is C14H13BrFN3. The molecule has 0 saturated carbocycles. The van der Waals surface area contributed by atoms with Crippen LogP contribution < -0.4 is 5.73 Å². The van der Waals surface area contributed by atoms with E-state index in [1.54, 1.807) is 10.6 Å². The van der Waals surface area contributed by atoms with Crippen LogP contribution in [0.3, 0.4) is 0 Å². The third-order valence-electron chi connectivity index (χ3n) is 3.34. The van der Waals surface area contributed by atoms with Crippen LogP contribution >= 0.6 is 15.9 Å². The molecule has 0 fully saturated rings. The molecule has 3 nitrogen and oxygen atoms in total. The predicted octanol–water partition coefficient (Wildman–Crippen LogP) is 3.76. The van der Waals surface area contributed by atoms with Crippen LogP contribution in [0.25, 0.3) is 5.69 Å². The van der Waals surface area contributed by atoms with Crippen molar-refractivity contribution in [3.05, 3.63) is 44.8 Å². The van der Waals surface area contributed by atoms with Gasteiger partial charge in [-0.2, -0.15) is 5.26 Å². The number of rotatable bonds is 1. The summed E-state index contributed by atoms with van der Waals surface area (Å²) >= 11 is 3.17. The highest BCUT2D eigenvalue weighted by Crippen LogP contribution is 2.31. The Morgan fingerprint density at radius 3 is 2.47 bits per heavy atom. The molecule has 0 bridgehead atoms. The van der Waals surface area contributed by atoms with Crippen molar-refractivity contribution in [3.63, 3.8) is 0 Å². The standard InChI is InChI=1S/C14H13BrFN3/c1-7-4-12(16)11(15)5-13(7)19-9(3)8(2)10(6-17)14(19)18/h4-5H,18H2,1-3H3. The van der Waals surface area contributed by atoms with E-state index in [-0.39, 0.29) is 5.82 Å². The first-order chi connectivity index (χ1) is 8.88. The Labute approximate surface area is 119 Å². The Morgan fingerprint density at radius 2 is 1.95 bits per heavy atom. The fourth-order valence-corrected chi connectivity index (χ4v) is 2.49. The molecule has 0 aliphatic heterocycles. The van der Waals surface area contributed by atoms with Crippen LogP contribution in [-0.4, -0.2) is 4.57 Å². The number of nitrogens with two attached hydrogens (primary N) is 1. The average molecular weight is 322 g/mol. The lowest BCUT2D eigenvalue weighted by Gasteiger charge is -2.13. The van der Waals surface area contributed by atoms with E-state index in [9.17, 15) is 4.39 Å². The second-order valence-corrected chi connectivity index (χ2v) is 5.33. The Bertz CT molecular complexity index is 711. The van der Waals surface area contributed by atoms with E-state index < -0.39 is 0 Å². The summed E-state index contributed by atoms with van der Waals surface area (Å²) < 4.78 is 15.6.